The van der Waals surface area contributed by atoms with E-state index in [0.717, 1.165) is 36.7 Å². The number of ether oxygens (including phenoxy) is 1. The molecule has 0 atom stereocenters. The number of halogens is 3. The molecule has 1 fully saturated rings. The van der Waals surface area contributed by atoms with Crippen LogP contribution >= 0.6 is 0 Å². The zero-order chi connectivity index (χ0) is 26.0. The van der Waals surface area contributed by atoms with Crippen molar-refractivity contribution in [3.05, 3.63) is 90.1 Å². The zero-order valence-electron chi connectivity index (χ0n) is 20.1. The molecular formula is C28H25F3N4O2. The van der Waals surface area contributed by atoms with Gasteiger partial charge < -0.3 is 19.9 Å². The first-order chi connectivity index (χ1) is 17.8. The van der Waals surface area contributed by atoms with Gasteiger partial charge in [-0.05, 0) is 66.7 Å². The lowest BCUT2D eigenvalue weighted by atomic mass is 10.1. The van der Waals surface area contributed by atoms with E-state index in [1.54, 1.807) is 37.4 Å². The number of anilines is 3. The zero-order valence-corrected chi connectivity index (χ0v) is 20.1. The van der Waals surface area contributed by atoms with Gasteiger partial charge in [0.25, 0.3) is 5.91 Å². The average Bonchev–Trinajstić information content (AvgIpc) is 2.92. The number of fused-ring (bicyclic) bond motifs is 1. The van der Waals surface area contributed by atoms with Gasteiger partial charge >= 0.3 is 6.18 Å². The first-order valence-electron chi connectivity index (χ1n) is 11.8. The standard InChI is InChI=1S/C28H25F3N4O2/c1-37-23-9-7-22(8-10-23)34-14-16-35(17-15-34)27(36)19-2-5-21(6-3-19)33-25-12-13-32-26-18-20(28(29,30)31)4-11-24(25)26/h2-13,18H,14-17H2,1H3,(H,32,33). The number of aromatic nitrogens is 1. The van der Waals surface area contributed by atoms with E-state index in [4.69, 9.17) is 4.74 Å². The maximum atomic E-state index is 13.1. The molecule has 5 rings (SSSR count). The van der Waals surface area contributed by atoms with Crippen LogP contribution < -0.4 is 15.0 Å². The van der Waals surface area contributed by atoms with Crippen molar-refractivity contribution >= 4 is 33.9 Å². The van der Waals surface area contributed by atoms with Crippen LogP contribution in [0.15, 0.2) is 79.0 Å². The van der Waals surface area contributed by atoms with Crippen molar-refractivity contribution in [2.24, 2.45) is 0 Å². The van der Waals surface area contributed by atoms with Gasteiger partial charge in [0.15, 0.2) is 0 Å². The smallest absolute Gasteiger partial charge is 0.416 e. The van der Waals surface area contributed by atoms with Crippen molar-refractivity contribution in [2.75, 3.05) is 43.5 Å². The Labute approximate surface area is 212 Å². The van der Waals surface area contributed by atoms with Crippen LogP contribution in [0.1, 0.15) is 15.9 Å². The molecule has 0 radical (unpaired) electrons. The fourth-order valence-corrected chi connectivity index (χ4v) is 4.43. The molecule has 1 saturated heterocycles. The summed E-state index contributed by atoms with van der Waals surface area (Å²) in [5, 5.41) is 3.80. The highest BCUT2D eigenvalue weighted by atomic mass is 19.4. The fraction of sp³-hybridized carbons (Fsp3) is 0.214. The Balaban J connectivity index is 1.23. The number of pyridine rings is 1. The van der Waals surface area contributed by atoms with Crippen molar-refractivity contribution < 1.29 is 22.7 Å². The predicted octanol–water partition coefficient (Wildman–Crippen LogP) is 5.97. The number of benzene rings is 3. The first kappa shape index (κ1) is 24.4. The van der Waals surface area contributed by atoms with Crippen LogP contribution in [-0.2, 0) is 6.18 Å². The maximum Gasteiger partial charge on any atom is 0.416 e. The molecule has 37 heavy (non-hydrogen) atoms. The van der Waals surface area contributed by atoms with Crippen LogP contribution in [0.3, 0.4) is 0 Å². The molecule has 2 heterocycles. The van der Waals surface area contributed by atoms with Gasteiger partial charge in [0, 0.05) is 60.4 Å². The molecule has 1 N–H and O–H groups in total. The third-order valence-corrected chi connectivity index (χ3v) is 6.49. The normalized spacial score (nSPS) is 14.1. The number of rotatable bonds is 5. The van der Waals surface area contributed by atoms with Crippen LogP contribution in [0.2, 0.25) is 0 Å². The van der Waals surface area contributed by atoms with Gasteiger partial charge in [0.05, 0.1) is 18.2 Å². The van der Waals surface area contributed by atoms with E-state index < -0.39 is 11.7 Å². The van der Waals surface area contributed by atoms with E-state index in [1.807, 2.05) is 29.2 Å². The van der Waals surface area contributed by atoms with Gasteiger partial charge in [-0.2, -0.15) is 13.2 Å². The SMILES string of the molecule is COc1ccc(N2CCN(C(=O)c3ccc(Nc4ccnc5cc(C(F)(F)F)ccc45)cc3)CC2)cc1. The van der Waals surface area contributed by atoms with Crippen molar-refractivity contribution in [1.29, 1.82) is 0 Å². The van der Waals surface area contributed by atoms with Gasteiger partial charge in [-0.1, -0.05) is 6.07 Å². The highest BCUT2D eigenvalue weighted by Gasteiger charge is 2.30. The average molecular weight is 507 g/mol. The summed E-state index contributed by atoms with van der Waals surface area (Å²) in [6.07, 6.45) is -2.96. The Morgan fingerprint density at radius 2 is 1.62 bits per heavy atom. The van der Waals surface area contributed by atoms with Crippen molar-refractivity contribution in [1.82, 2.24) is 9.88 Å². The third kappa shape index (κ3) is 5.30. The number of alkyl halides is 3. The number of nitrogens with zero attached hydrogens (tertiary/aromatic N) is 3. The summed E-state index contributed by atoms with van der Waals surface area (Å²) in [4.78, 5) is 21.2. The molecule has 0 saturated carbocycles. The maximum absolute atomic E-state index is 13.1. The molecule has 9 heteroatoms. The second kappa shape index (κ2) is 10.0. The van der Waals surface area contributed by atoms with Crippen molar-refractivity contribution in [2.45, 2.75) is 6.18 Å². The first-order valence-corrected chi connectivity index (χ1v) is 11.8. The highest BCUT2D eigenvalue weighted by molar-refractivity contribution is 5.96. The minimum absolute atomic E-state index is 0.0324. The monoisotopic (exact) mass is 506 g/mol. The Hall–Kier alpha value is -4.27. The van der Waals surface area contributed by atoms with E-state index in [1.165, 1.54) is 12.3 Å². The summed E-state index contributed by atoms with van der Waals surface area (Å²) >= 11 is 0. The second-order valence-electron chi connectivity index (χ2n) is 8.77. The summed E-state index contributed by atoms with van der Waals surface area (Å²) in [6, 6.07) is 20.2. The number of carbonyl (C=O) groups excluding carboxylic acids is 1. The van der Waals surface area contributed by atoms with Crippen LogP contribution in [0.5, 0.6) is 5.75 Å². The van der Waals surface area contributed by atoms with E-state index in [9.17, 15) is 18.0 Å². The number of hydrogen-bond donors (Lipinski definition) is 1. The molecule has 1 aromatic heterocycles. The Bertz CT molecular complexity index is 1400. The Morgan fingerprint density at radius 1 is 0.919 bits per heavy atom. The third-order valence-electron chi connectivity index (χ3n) is 6.49. The van der Waals surface area contributed by atoms with E-state index in [-0.39, 0.29) is 11.4 Å². The number of piperazine rings is 1. The molecule has 0 bridgehead atoms. The van der Waals surface area contributed by atoms with Gasteiger partial charge in [-0.15, -0.1) is 0 Å². The lowest BCUT2D eigenvalue weighted by Crippen LogP contribution is -2.48. The summed E-state index contributed by atoms with van der Waals surface area (Å²) in [5.74, 6) is 0.776. The van der Waals surface area contributed by atoms with Gasteiger partial charge in [0.2, 0.25) is 0 Å². The minimum atomic E-state index is -4.43. The largest absolute Gasteiger partial charge is 0.497 e. The molecule has 4 aromatic rings. The lowest BCUT2D eigenvalue weighted by molar-refractivity contribution is -0.137. The second-order valence-corrected chi connectivity index (χ2v) is 8.77. The van der Waals surface area contributed by atoms with Crippen LogP contribution in [-0.4, -0.2) is 49.1 Å². The fourth-order valence-electron chi connectivity index (χ4n) is 4.43. The molecule has 3 aromatic carbocycles. The Morgan fingerprint density at radius 3 is 2.27 bits per heavy atom. The molecule has 1 aliphatic rings. The van der Waals surface area contributed by atoms with Crippen molar-refractivity contribution in [3.8, 4) is 5.75 Å². The number of carbonyl (C=O) groups is 1. The number of methoxy groups -OCH3 is 1. The van der Waals surface area contributed by atoms with Gasteiger partial charge in [0.1, 0.15) is 5.75 Å². The number of amides is 1. The highest BCUT2D eigenvalue weighted by Crippen LogP contribution is 2.33. The van der Waals surface area contributed by atoms with Crippen LogP contribution in [0, 0.1) is 0 Å². The summed E-state index contributed by atoms with van der Waals surface area (Å²) in [5.41, 5.74) is 2.54. The predicted molar refractivity (Wildman–Crippen MR) is 138 cm³/mol. The van der Waals surface area contributed by atoms with E-state index in [2.05, 4.69) is 15.2 Å². The molecule has 0 unspecified atom stereocenters. The summed E-state index contributed by atoms with van der Waals surface area (Å²) in [7, 11) is 1.64. The molecule has 1 amide bonds. The van der Waals surface area contributed by atoms with E-state index in [0.29, 0.717) is 35.4 Å². The molecule has 1 aliphatic heterocycles. The number of hydrogen-bond acceptors (Lipinski definition) is 5. The van der Waals surface area contributed by atoms with Crippen LogP contribution in [0.25, 0.3) is 10.9 Å². The molecular weight excluding hydrogens is 481 g/mol. The lowest BCUT2D eigenvalue weighted by Gasteiger charge is -2.36. The van der Waals surface area contributed by atoms with Crippen molar-refractivity contribution in [3.63, 3.8) is 0 Å². The Kier molecular flexibility index (Phi) is 6.60. The quantitative estimate of drug-likeness (QED) is 0.362. The molecule has 6 nitrogen and oxygen atoms in total. The molecule has 0 spiro atoms. The summed E-state index contributed by atoms with van der Waals surface area (Å²) in [6.45, 7) is 2.72. The summed E-state index contributed by atoms with van der Waals surface area (Å²) < 4.78 is 44.3. The van der Waals surface area contributed by atoms with Gasteiger partial charge in [-0.25, -0.2) is 0 Å². The molecule has 0 aliphatic carbocycles. The number of nitrogens with one attached hydrogen (secondary N) is 1. The topological polar surface area (TPSA) is 57.7 Å². The minimum Gasteiger partial charge on any atom is -0.497 e. The van der Waals surface area contributed by atoms with Crippen LogP contribution in [0.4, 0.5) is 30.2 Å². The van der Waals surface area contributed by atoms with Gasteiger partial charge in [-0.3, -0.25) is 9.78 Å². The van der Waals surface area contributed by atoms with E-state index >= 15 is 0 Å². The molecule has 190 valence electrons.